The van der Waals surface area contributed by atoms with E-state index in [9.17, 15) is 4.79 Å². The Morgan fingerprint density at radius 3 is 2.78 bits per heavy atom. The van der Waals surface area contributed by atoms with Crippen LogP contribution in [0.1, 0.15) is 48.7 Å². The molecule has 0 aliphatic carbocycles. The van der Waals surface area contributed by atoms with E-state index in [1.54, 1.807) is 6.20 Å². The van der Waals surface area contributed by atoms with Gasteiger partial charge in [-0.25, -0.2) is 0 Å². The maximum absolute atomic E-state index is 12.8. The second-order valence-corrected chi connectivity index (χ2v) is 6.94. The fraction of sp³-hybridized carbons (Fsp3) is 0.368. The van der Waals surface area contributed by atoms with Gasteiger partial charge in [-0.3, -0.25) is 9.48 Å². The van der Waals surface area contributed by atoms with Crippen LogP contribution in [0.5, 0.6) is 5.75 Å². The molecule has 0 saturated heterocycles. The Morgan fingerprint density at radius 2 is 2.09 bits per heavy atom. The van der Waals surface area contributed by atoms with Crippen LogP contribution in [-0.4, -0.2) is 22.2 Å². The molecule has 23 heavy (non-hydrogen) atoms. The Bertz CT molecular complexity index is 779. The van der Waals surface area contributed by atoms with Crippen molar-refractivity contribution < 1.29 is 9.53 Å². The van der Waals surface area contributed by atoms with Crippen LogP contribution in [0.25, 0.3) is 6.08 Å². The van der Waals surface area contributed by atoms with Gasteiger partial charge in [0.05, 0.1) is 23.9 Å². The standard InChI is InChI=1S/C19H22N2O2/c1-13-6-5-7-16-17(22)15(8-9-23-18(13)16)10-14-11-20-21(12-14)19(2,3)4/h5-7,10-12H,8-9H2,1-4H3/b15-10+. The van der Waals surface area contributed by atoms with E-state index in [4.69, 9.17) is 4.74 Å². The smallest absolute Gasteiger partial charge is 0.192 e. The van der Waals surface area contributed by atoms with Gasteiger partial charge >= 0.3 is 0 Å². The van der Waals surface area contributed by atoms with Crippen molar-refractivity contribution in [3.63, 3.8) is 0 Å². The third-order valence-electron chi connectivity index (χ3n) is 4.00. The van der Waals surface area contributed by atoms with Crippen LogP contribution in [0.3, 0.4) is 0 Å². The average Bonchev–Trinajstić information content (AvgIpc) is 2.89. The molecule has 0 radical (unpaired) electrons. The van der Waals surface area contributed by atoms with Gasteiger partial charge in [0.15, 0.2) is 5.78 Å². The van der Waals surface area contributed by atoms with Crippen molar-refractivity contribution >= 4 is 11.9 Å². The van der Waals surface area contributed by atoms with Gasteiger partial charge in [-0.05, 0) is 45.4 Å². The van der Waals surface area contributed by atoms with E-state index in [0.717, 1.165) is 16.7 Å². The van der Waals surface area contributed by atoms with E-state index in [1.165, 1.54) is 0 Å². The van der Waals surface area contributed by atoms with E-state index in [-0.39, 0.29) is 11.3 Å². The molecule has 3 rings (SSSR count). The van der Waals surface area contributed by atoms with Crippen LogP contribution in [0.15, 0.2) is 36.2 Å². The van der Waals surface area contributed by atoms with Crippen LogP contribution >= 0.6 is 0 Å². The molecular formula is C19H22N2O2. The molecule has 4 nitrogen and oxygen atoms in total. The molecule has 0 N–H and O–H groups in total. The highest BCUT2D eigenvalue weighted by atomic mass is 16.5. The number of hydrogen-bond donors (Lipinski definition) is 0. The Kier molecular flexibility index (Phi) is 3.84. The maximum Gasteiger partial charge on any atom is 0.192 e. The van der Waals surface area contributed by atoms with Gasteiger partial charge < -0.3 is 4.74 Å². The van der Waals surface area contributed by atoms with Crippen molar-refractivity contribution in [2.24, 2.45) is 0 Å². The second-order valence-electron chi connectivity index (χ2n) is 6.94. The monoisotopic (exact) mass is 310 g/mol. The SMILES string of the molecule is Cc1cccc2c1OCC/C(=C\c1cnn(C(C)(C)C)c1)C2=O. The first-order chi connectivity index (χ1) is 10.9. The molecular weight excluding hydrogens is 288 g/mol. The number of benzene rings is 1. The Hall–Kier alpha value is -2.36. The largest absolute Gasteiger partial charge is 0.492 e. The van der Waals surface area contributed by atoms with Crippen LogP contribution in [0.2, 0.25) is 0 Å². The number of aryl methyl sites for hydroxylation is 1. The fourth-order valence-corrected chi connectivity index (χ4v) is 2.69. The van der Waals surface area contributed by atoms with Gasteiger partial charge in [-0.15, -0.1) is 0 Å². The zero-order valence-corrected chi connectivity index (χ0v) is 14.1. The Labute approximate surface area is 136 Å². The first-order valence-electron chi connectivity index (χ1n) is 7.89. The maximum atomic E-state index is 12.8. The zero-order chi connectivity index (χ0) is 16.6. The Balaban J connectivity index is 1.97. The number of ketones is 1. The highest BCUT2D eigenvalue weighted by molar-refractivity contribution is 6.13. The van der Waals surface area contributed by atoms with Gasteiger partial charge in [0.2, 0.25) is 0 Å². The van der Waals surface area contributed by atoms with E-state index in [0.29, 0.717) is 24.3 Å². The average molecular weight is 310 g/mol. The number of nitrogens with zero attached hydrogens (tertiary/aromatic N) is 2. The highest BCUT2D eigenvalue weighted by Crippen LogP contribution is 2.30. The van der Waals surface area contributed by atoms with Gasteiger partial charge in [0.25, 0.3) is 0 Å². The zero-order valence-electron chi connectivity index (χ0n) is 14.1. The van der Waals surface area contributed by atoms with Crippen molar-refractivity contribution in [1.82, 2.24) is 9.78 Å². The first kappa shape index (κ1) is 15.5. The summed E-state index contributed by atoms with van der Waals surface area (Å²) in [6, 6.07) is 5.70. The van der Waals surface area contributed by atoms with Crippen molar-refractivity contribution in [1.29, 1.82) is 0 Å². The van der Waals surface area contributed by atoms with Crippen molar-refractivity contribution in [2.75, 3.05) is 6.61 Å². The molecule has 120 valence electrons. The predicted molar refractivity (Wildman–Crippen MR) is 90.8 cm³/mol. The van der Waals surface area contributed by atoms with E-state index >= 15 is 0 Å². The summed E-state index contributed by atoms with van der Waals surface area (Å²) in [4.78, 5) is 12.8. The molecule has 1 aromatic heterocycles. The summed E-state index contributed by atoms with van der Waals surface area (Å²) < 4.78 is 7.71. The third-order valence-corrected chi connectivity index (χ3v) is 4.00. The number of hydrogen-bond acceptors (Lipinski definition) is 3. The van der Waals surface area contributed by atoms with Crippen LogP contribution in [0, 0.1) is 6.92 Å². The molecule has 0 saturated carbocycles. The highest BCUT2D eigenvalue weighted by Gasteiger charge is 2.22. The summed E-state index contributed by atoms with van der Waals surface area (Å²) in [5.41, 5.74) is 3.29. The lowest BCUT2D eigenvalue weighted by atomic mass is 9.98. The quantitative estimate of drug-likeness (QED) is 0.748. The van der Waals surface area contributed by atoms with Crippen LogP contribution in [-0.2, 0) is 5.54 Å². The van der Waals surface area contributed by atoms with Crippen LogP contribution < -0.4 is 4.74 Å². The topological polar surface area (TPSA) is 44.1 Å². The van der Waals surface area contributed by atoms with Gasteiger partial charge in [-0.1, -0.05) is 12.1 Å². The number of carbonyl (C=O) groups excluding carboxylic acids is 1. The summed E-state index contributed by atoms with van der Waals surface area (Å²) in [6.45, 7) is 8.78. The van der Waals surface area contributed by atoms with Gasteiger partial charge in [-0.2, -0.15) is 5.10 Å². The molecule has 0 spiro atoms. The number of Topliss-reactive ketones (excluding diaryl/α,β-unsaturated/α-hetero) is 1. The number of carbonyl (C=O) groups is 1. The summed E-state index contributed by atoms with van der Waals surface area (Å²) in [5, 5.41) is 4.39. The molecule has 0 bridgehead atoms. The second kappa shape index (κ2) is 5.69. The van der Waals surface area contributed by atoms with E-state index in [2.05, 4.69) is 25.9 Å². The number of fused-ring (bicyclic) bond motifs is 1. The minimum Gasteiger partial charge on any atom is -0.492 e. The summed E-state index contributed by atoms with van der Waals surface area (Å²) in [5.74, 6) is 0.760. The normalized spacial score (nSPS) is 16.9. The molecule has 2 aromatic rings. The lowest BCUT2D eigenvalue weighted by Crippen LogP contribution is -2.21. The number of ether oxygens (including phenoxy) is 1. The van der Waals surface area contributed by atoms with Crippen molar-refractivity contribution in [2.45, 2.75) is 39.7 Å². The Morgan fingerprint density at radius 1 is 1.30 bits per heavy atom. The molecule has 0 atom stereocenters. The minimum absolute atomic E-state index is 0.0460. The molecule has 4 heteroatoms. The van der Waals surface area contributed by atoms with Crippen molar-refractivity contribution in [3.8, 4) is 5.75 Å². The van der Waals surface area contributed by atoms with Gasteiger partial charge in [0, 0.05) is 23.8 Å². The lowest BCUT2D eigenvalue weighted by Gasteiger charge is -2.18. The van der Waals surface area contributed by atoms with Crippen LogP contribution in [0.4, 0.5) is 0 Å². The molecule has 1 aromatic carbocycles. The van der Waals surface area contributed by atoms with Gasteiger partial charge in [0.1, 0.15) is 5.75 Å². The summed E-state index contributed by atoms with van der Waals surface area (Å²) >= 11 is 0. The molecule has 0 unspecified atom stereocenters. The molecule has 1 aliphatic heterocycles. The van der Waals surface area contributed by atoms with E-state index < -0.39 is 0 Å². The fourth-order valence-electron chi connectivity index (χ4n) is 2.69. The minimum atomic E-state index is -0.0724. The molecule has 1 aliphatic rings. The van der Waals surface area contributed by atoms with E-state index in [1.807, 2.05) is 42.1 Å². The summed E-state index contributed by atoms with van der Waals surface area (Å²) in [7, 11) is 0. The molecule has 0 fully saturated rings. The van der Waals surface area contributed by atoms with Crippen molar-refractivity contribution in [3.05, 3.63) is 52.9 Å². The molecule has 0 amide bonds. The molecule has 2 heterocycles. The number of para-hydroxylation sites is 1. The third kappa shape index (κ3) is 3.07. The summed E-state index contributed by atoms with van der Waals surface area (Å²) in [6.07, 6.45) is 6.31. The first-order valence-corrected chi connectivity index (χ1v) is 7.89. The lowest BCUT2D eigenvalue weighted by molar-refractivity contribution is 0.103. The number of rotatable bonds is 1. The number of aromatic nitrogens is 2. The predicted octanol–water partition coefficient (Wildman–Crippen LogP) is 4.00.